The van der Waals surface area contributed by atoms with Crippen LogP contribution in [0, 0.1) is 6.92 Å². The van der Waals surface area contributed by atoms with E-state index in [9.17, 15) is 8.78 Å². The van der Waals surface area contributed by atoms with Crippen molar-refractivity contribution in [2.75, 3.05) is 6.61 Å². The Morgan fingerprint density at radius 1 is 1.50 bits per heavy atom. The molecule has 1 aromatic heterocycles. The predicted molar refractivity (Wildman–Crippen MR) is 40.5 cm³/mol. The molecule has 2 nitrogen and oxygen atoms in total. The third-order valence-corrected chi connectivity index (χ3v) is 1.23. The molecule has 0 bridgehead atoms. The summed E-state index contributed by atoms with van der Waals surface area (Å²) in [7, 11) is 0. The lowest BCUT2D eigenvalue weighted by Crippen LogP contribution is -2.07. The number of aromatic nitrogens is 1. The minimum Gasteiger partial charge on any atom is -0.486 e. The van der Waals surface area contributed by atoms with Gasteiger partial charge < -0.3 is 4.74 Å². The highest BCUT2D eigenvalue weighted by molar-refractivity contribution is 5.22. The van der Waals surface area contributed by atoms with Crippen molar-refractivity contribution in [3.05, 3.63) is 24.0 Å². The summed E-state index contributed by atoms with van der Waals surface area (Å²) in [5, 5.41) is 0. The minimum absolute atomic E-state index is 0.385. The average molecular weight is 173 g/mol. The van der Waals surface area contributed by atoms with Crippen LogP contribution in [0.15, 0.2) is 18.5 Å². The van der Waals surface area contributed by atoms with E-state index in [1.807, 2.05) is 6.92 Å². The van der Waals surface area contributed by atoms with Gasteiger partial charge in [0, 0.05) is 6.20 Å². The third-order valence-electron chi connectivity index (χ3n) is 1.23. The van der Waals surface area contributed by atoms with E-state index in [2.05, 4.69) is 4.98 Å². The molecule has 1 heterocycles. The van der Waals surface area contributed by atoms with Crippen molar-refractivity contribution in [2.24, 2.45) is 0 Å². The molecule has 0 spiro atoms. The van der Waals surface area contributed by atoms with Crippen molar-refractivity contribution < 1.29 is 13.5 Å². The van der Waals surface area contributed by atoms with Gasteiger partial charge >= 0.3 is 0 Å². The second-order valence-electron chi connectivity index (χ2n) is 2.40. The maximum atomic E-state index is 11.7. The van der Waals surface area contributed by atoms with Crippen LogP contribution in [0.5, 0.6) is 5.75 Å². The Kier molecular flexibility index (Phi) is 2.96. The fourth-order valence-electron chi connectivity index (χ4n) is 0.765. The minimum atomic E-state index is -2.44. The van der Waals surface area contributed by atoms with Crippen LogP contribution in [0.25, 0.3) is 0 Å². The predicted octanol–water partition coefficient (Wildman–Crippen LogP) is 2.03. The van der Waals surface area contributed by atoms with Crippen LogP contribution in [0.1, 0.15) is 5.56 Å². The zero-order valence-corrected chi connectivity index (χ0v) is 6.63. The van der Waals surface area contributed by atoms with Crippen molar-refractivity contribution in [2.45, 2.75) is 13.3 Å². The summed E-state index contributed by atoms with van der Waals surface area (Å²) >= 11 is 0. The topological polar surface area (TPSA) is 22.1 Å². The van der Waals surface area contributed by atoms with Crippen molar-refractivity contribution >= 4 is 0 Å². The Labute approximate surface area is 69.2 Å². The molecule has 0 fully saturated rings. The van der Waals surface area contributed by atoms with Gasteiger partial charge in [0.1, 0.15) is 12.4 Å². The van der Waals surface area contributed by atoms with E-state index in [0.29, 0.717) is 5.75 Å². The lowest BCUT2D eigenvalue weighted by Gasteiger charge is -2.04. The highest BCUT2D eigenvalue weighted by atomic mass is 19.3. The fraction of sp³-hybridized carbons (Fsp3) is 0.375. The lowest BCUT2D eigenvalue weighted by molar-refractivity contribution is 0.0817. The average Bonchev–Trinajstić information content (AvgIpc) is 2.01. The van der Waals surface area contributed by atoms with E-state index >= 15 is 0 Å². The summed E-state index contributed by atoms with van der Waals surface area (Å²) in [5.74, 6) is 0.385. The summed E-state index contributed by atoms with van der Waals surface area (Å²) < 4.78 is 28.1. The zero-order valence-electron chi connectivity index (χ0n) is 6.63. The van der Waals surface area contributed by atoms with Crippen LogP contribution < -0.4 is 4.74 Å². The molecular weight excluding hydrogens is 164 g/mol. The Morgan fingerprint density at radius 3 is 2.83 bits per heavy atom. The van der Waals surface area contributed by atoms with Gasteiger partial charge in [-0.05, 0) is 18.6 Å². The molecule has 0 saturated carbocycles. The van der Waals surface area contributed by atoms with E-state index in [0.717, 1.165) is 5.56 Å². The highest BCUT2D eigenvalue weighted by Gasteiger charge is 2.02. The number of nitrogens with zero attached hydrogens (tertiary/aromatic N) is 1. The summed E-state index contributed by atoms with van der Waals surface area (Å²) in [5.41, 5.74) is 0.891. The molecule has 4 heteroatoms. The number of ether oxygens (including phenoxy) is 1. The number of hydrogen-bond acceptors (Lipinski definition) is 2. The third kappa shape index (κ3) is 2.82. The molecule has 12 heavy (non-hydrogen) atoms. The quantitative estimate of drug-likeness (QED) is 0.697. The van der Waals surface area contributed by atoms with E-state index < -0.39 is 13.0 Å². The number of halogens is 2. The van der Waals surface area contributed by atoms with Crippen LogP contribution in [-0.4, -0.2) is 18.0 Å². The Balaban J connectivity index is 2.52. The van der Waals surface area contributed by atoms with E-state index in [1.54, 1.807) is 12.3 Å². The number of rotatable bonds is 3. The van der Waals surface area contributed by atoms with Crippen LogP contribution in [0.2, 0.25) is 0 Å². The summed E-state index contributed by atoms with van der Waals surface area (Å²) in [6, 6.07) is 1.66. The maximum absolute atomic E-state index is 11.7. The van der Waals surface area contributed by atoms with Gasteiger partial charge in [0.05, 0.1) is 6.20 Å². The molecule has 66 valence electrons. The highest BCUT2D eigenvalue weighted by Crippen LogP contribution is 2.10. The molecule has 0 amide bonds. The first-order valence-electron chi connectivity index (χ1n) is 3.51. The van der Waals surface area contributed by atoms with Crippen molar-refractivity contribution in [3.63, 3.8) is 0 Å². The zero-order chi connectivity index (χ0) is 8.97. The van der Waals surface area contributed by atoms with Crippen LogP contribution in [0.3, 0.4) is 0 Å². The standard InChI is InChI=1S/C8H9F2NO/c1-6-2-7(4-11-3-6)12-5-8(9)10/h2-4,8H,5H2,1H3. The van der Waals surface area contributed by atoms with Gasteiger partial charge in [-0.25, -0.2) is 8.78 Å². The first kappa shape index (κ1) is 8.90. The summed E-state index contributed by atoms with van der Waals surface area (Å²) in [4.78, 5) is 3.79. The molecule has 1 rings (SSSR count). The van der Waals surface area contributed by atoms with Gasteiger partial charge in [0.15, 0.2) is 0 Å². The summed E-state index contributed by atoms with van der Waals surface area (Å²) in [6.07, 6.45) is 0.607. The lowest BCUT2D eigenvalue weighted by atomic mass is 10.3. The monoisotopic (exact) mass is 173 g/mol. The van der Waals surface area contributed by atoms with Gasteiger partial charge in [-0.15, -0.1) is 0 Å². The molecule has 1 aromatic rings. The molecule has 0 N–H and O–H groups in total. The van der Waals surface area contributed by atoms with Gasteiger partial charge in [-0.2, -0.15) is 0 Å². The Bertz CT molecular complexity index is 253. The van der Waals surface area contributed by atoms with Gasteiger partial charge in [0.25, 0.3) is 6.43 Å². The first-order chi connectivity index (χ1) is 5.68. The van der Waals surface area contributed by atoms with E-state index in [4.69, 9.17) is 4.74 Å². The molecule has 0 aliphatic rings. The van der Waals surface area contributed by atoms with Gasteiger partial charge in [-0.1, -0.05) is 0 Å². The van der Waals surface area contributed by atoms with Gasteiger partial charge in [-0.3, -0.25) is 4.98 Å². The molecular formula is C8H9F2NO. The van der Waals surface area contributed by atoms with Gasteiger partial charge in [0.2, 0.25) is 0 Å². The molecule has 0 aliphatic carbocycles. The smallest absolute Gasteiger partial charge is 0.272 e. The number of aryl methyl sites for hydroxylation is 1. The molecule has 0 aliphatic heterocycles. The van der Waals surface area contributed by atoms with Crippen molar-refractivity contribution in [1.29, 1.82) is 0 Å². The molecule has 0 aromatic carbocycles. The van der Waals surface area contributed by atoms with Crippen LogP contribution in [0.4, 0.5) is 8.78 Å². The second kappa shape index (κ2) is 3.99. The Morgan fingerprint density at radius 2 is 2.25 bits per heavy atom. The molecule has 0 atom stereocenters. The van der Waals surface area contributed by atoms with E-state index in [1.165, 1.54) is 6.20 Å². The first-order valence-corrected chi connectivity index (χ1v) is 3.51. The van der Waals surface area contributed by atoms with Crippen molar-refractivity contribution in [1.82, 2.24) is 4.98 Å². The normalized spacial score (nSPS) is 10.3. The second-order valence-corrected chi connectivity index (χ2v) is 2.40. The van der Waals surface area contributed by atoms with Crippen LogP contribution in [-0.2, 0) is 0 Å². The summed E-state index contributed by atoms with van der Waals surface area (Å²) in [6.45, 7) is 1.24. The molecule has 0 unspecified atom stereocenters. The number of hydrogen-bond donors (Lipinski definition) is 0. The fourth-order valence-corrected chi connectivity index (χ4v) is 0.765. The largest absolute Gasteiger partial charge is 0.486 e. The molecule has 0 radical (unpaired) electrons. The Hall–Kier alpha value is -1.19. The number of alkyl halides is 2. The van der Waals surface area contributed by atoms with E-state index in [-0.39, 0.29) is 0 Å². The van der Waals surface area contributed by atoms with Crippen molar-refractivity contribution in [3.8, 4) is 5.75 Å². The SMILES string of the molecule is Cc1cncc(OCC(F)F)c1. The van der Waals surface area contributed by atoms with Crippen LogP contribution >= 0.6 is 0 Å². The molecule has 0 saturated heterocycles. The number of pyridine rings is 1. The maximum Gasteiger partial charge on any atom is 0.272 e.